The van der Waals surface area contributed by atoms with Crippen LogP contribution >= 0.6 is 0 Å². The number of hydrogen-bond donors (Lipinski definition) is 1. The topological polar surface area (TPSA) is 88.6 Å². The number of hydrogen-bond acceptors (Lipinski definition) is 5. The number of nitrogens with zero attached hydrogens (tertiary/aromatic N) is 2. The molecular formula is C21H15N3O4. The molecule has 4 rings (SSSR count). The summed E-state index contributed by atoms with van der Waals surface area (Å²) in [6.45, 7) is 0. The summed E-state index contributed by atoms with van der Waals surface area (Å²) in [7, 11) is 1.56. The standard InChI is InChI=1S/C21H15N3O4/c1-28-16-10-4-13(5-11-16)19(25)23-14-6-8-15(9-7-14)24-20(26)17-3-2-12-22-18(17)21(24)27/h2-12H,1H3,(H,23,25). The molecule has 1 aliphatic rings. The van der Waals surface area contributed by atoms with Gasteiger partial charge in [-0.25, -0.2) is 4.90 Å². The lowest BCUT2D eigenvalue weighted by Crippen LogP contribution is -2.29. The third kappa shape index (κ3) is 2.99. The van der Waals surface area contributed by atoms with E-state index >= 15 is 0 Å². The minimum Gasteiger partial charge on any atom is -0.497 e. The van der Waals surface area contributed by atoms with Crippen molar-refractivity contribution in [3.63, 3.8) is 0 Å². The summed E-state index contributed by atoms with van der Waals surface area (Å²) in [4.78, 5) is 42.4. The van der Waals surface area contributed by atoms with Gasteiger partial charge in [0.05, 0.1) is 18.4 Å². The highest BCUT2D eigenvalue weighted by molar-refractivity contribution is 6.33. The zero-order chi connectivity index (χ0) is 19.7. The molecule has 0 unspecified atom stereocenters. The second-order valence-corrected chi connectivity index (χ2v) is 6.07. The van der Waals surface area contributed by atoms with Crippen LogP contribution in [-0.4, -0.2) is 29.8 Å². The molecule has 0 aliphatic carbocycles. The lowest BCUT2D eigenvalue weighted by Gasteiger charge is -2.14. The first-order valence-corrected chi connectivity index (χ1v) is 8.48. The molecular weight excluding hydrogens is 358 g/mol. The number of imide groups is 1. The van der Waals surface area contributed by atoms with E-state index in [2.05, 4.69) is 10.3 Å². The molecule has 7 nitrogen and oxygen atoms in total. The molecule has 2 aromatic carbocycles. The molecule has 2 heterocycles. The summed E-state index contributed by atoms with van der Waals surface area (Å²) in [6, 6.07) is 16.4. The quantitative estimate of drug-likeness (QED) is 0.710. The molecule has 0 bridgehead atoms. The Bertz CT molecular complexity index is 1040. The van der Waals surface area contributed by atoms with Gasteiger partial charge in [0, 0.05) is 17.4 Å². The molecule has 1 aromatic heterocycles. The number of rotatable bonds is 4. The van der Waals surface area contributed by atoms with Crippen LogP contribution in [0.15, 0.2) is 66.9 Å². The van der Waals surface area contributed by atoms with Crippen LogP contribution in [0.3, 0.4) is 0 Å². The maximum absolute atomic E-state index is 12.5. The van der Waals surface area contributed by atoms with Crippen molar-refractivity contribution in [1.29, 1.82) is 0 Å². The smallest absolute Gasteiger partial charge is 0.284 e. The largest absolute Gasteiger partial charge is 0.497 e. The van der Waals surface area contributed by atoms with Crippen molar-refractivity contribution in [1.82, 2.24) is 4.98 Å². The summed E-state index contributed by atoms with van der Waals surface area (Å²) < 4.78 is 5.07. The van der Waals surface area contributed by atoms with Gasteiger partial charge in [-0.05, 0) is 60.7 Å². The van der Waals surface area contributed by atoms with E-state index in [9.17, 15) is 14.4 Å². The minimum atomic E-state index is -0.462. The average molecular weight is 373 g/mol. The van der Waals surface area contributed by atoms with Gasteiger partial charge in [-0.1, -0.05) is 0 Å². The van der Waals surface area contributed by atoms with Crippen molar-refractivity contribution in [2.45, 2.75) is 0 Å². The first-order chi connectivity index (χ1) is 13.6. The maximum Gasteiger partial charge on any atom is 0.284 e. The Morgan fingerprint density at radius 3 is 2.32 bits per heavy atom. The molecule has 0 radical (unpaired) electrons. The third-order valence-electron chi connectivity index (χ3n) is 4.38. The fourth-order valence-electron chi connectivity index (χ4n) is 2.94. The zero-order valence-corrected chi connectivity index (χ0v) is 14.9. The number of fused-ring (bicyclic) bond motifs is 1. The van der Waals surface area contributed by atoms with Crippen molar-refractivity contribution in [3.05, 3.63) is 83.7 Å². The van der Waals surface area contributed by atoms with Gasteiger partial charge >= 0.3 is 0 Å². The van der Waals surface area contributed by atoms with Crippen molar-refractivity contribution in [2.24, 2.45) is 0 Å². The van der Waals surface area contributed by atoms with E-state index in [0.29, 0.717) is 22.7 Å². The van der Waals surface area contributed by atoms with Crippen LogP contribution in [0.2, 0.25) is 0 Å². The summed E-state index contributed by atoms with van der Waals surface area (Å²) in [5, 5.41) is 2.77. The molecule has 3 amide bonds. The van der Waals surface area contributed by atoms with Crippen LogP contribution < -0.4 is 15.0 Å². The van der Waals surface area contributed by atoms with Gasteiger partial charge in [0.25, 0.3) is 17.7 Å². The minimum absolute atomic E-state index is 0.143. The monoisotopic (exact) mass is 373 g/mol. The fraction of sp³-hybridized carbons (Fsp3) is 0.0476. The number of amides is 3. The molecule has 138 valence electrons. The third-order valence-corrected chi connectivity index (χ3v) is 4.38. The number of ether oxygens (including phenoxy) is 1. The van der Waals surface area contributed by atoms with Crippen LogP contribution in [0.25, 0.3) is 0 Å². The van der Waals surface area contributed by atoms with E-state index in [1.54, 1.807) is 67.8 Å². The van der Waals surface area contributed by atoms with Crippen molar-refractivity contribution in [3.8, 4) is 5.75 Å². The molecule has 0 spiro atoms. The molecule has 3 aromatic rings. The second-order valence-electron chi connectivity index (χ2n) is 6.07. The summed E-state index contributed by atoms with van der Waals surface area (Å²) >= 11 is 0. The molecule has 1 N–H and O–H groups in total. The molecule has 0 saturated heterocycles. The number of anilines is 2. The second kappa shape index (κ2) is 6.96. The van der Waals surface area contributed by atoms with E-state index in [1.807, 2.05) is 0 Å². The normalized spacial score (nSPS) is 12.7. The fourth-order valence-corrected chi connectivity index (χ4v) is 2.94. The molecule has 28 heavy (non-hydrogen) atoms. The van der Waals surface area contributed by atoms with Crippen molar-refractivity contribution in [2.75, 3.05) is 17.3 Å². The molecule has 0 atom stereocenters. The SMILES string of the molecule is COc1ccc(C(=O)Nc2ccc(N3C(=O)c4cccnc4C3=O)cc2)cc1. The number of aromatic nitrogens is 1. The van der Waals surface area contributed by atoms with E-state index in [0.717, 1.165) is 4.90 Å². The van der Waals surface area contributed by atoms with E-state index in [-0.39, 0.29) is 17.2 Å². The van der Waals surface area contributed by atoms with Crippen molar-refractivity contribution < 1.29 is 19.1 Å². The Morgan fingerprint density at radius 2 is 1.68 bits per heavy atom. The zero-order valence-electron chi connectivity index (χ0n) is 14.9. The molecule has 0 saturated carbocycles. The number of benzene rings is 2. The van der Waals surface area contributed by atoms with Gasteiger partial charge in [0.15, 0.2) is 0 Å². The number of carbonyl (C=O) groups is 3. The van der Waals surface area contributed by atoms with E-state index in [4.69, 9.17) is 4.74 Å². The van der Waals surface area contributed by atoms with E-state index < -0.39 is 11.8 Å². The predicted octanol–water partition coefficient (Wildman–Crippen LogP) is 3.14. The Hall–Kier alpha value is -4.00. The van der Waals surface area contributed by atoms with Crippen LogP contribution in [-0.2, 0) is 0 Å². The first kappa shape index (κ1) is 17.4. The Balaban J connectivity index is 1.51. The lowest BCUT2D eigenvalue weighted by atomic mass is 10.2. The average Bonchev–Trinajstić information content (AvgIpc) is 2.99. The number of carbonyl (C=O) groups excluding carboxylic acids is 3. The van der Waals surface area contributed by atoms with Crippen molar-refractivity contribution >= 4 is 29.1 Å². The Labute approximate surface area is 160 Å². The van der Waals surface area contributed by atoms with Crippen LogP contribution in [0.5, 0.6) is 5.75 Å². The predicted molar refractivity (Wildman–Crippen MR) is 103 cm³/mol. The lowest BCUT2D eigenvalue weighted by molar-refractivity contribution is 0.0923. The van der Waals surface area contributed by atoms with Gasteiger partial charge in [0.2, 0.25) is 0 Å². The highest BCUT2D eigenvalue weighted by atomic mass is 16.5. The molecule has 1 aliphatic heterocycles. The highest BCUT2D eigenvalue weighted by Gasteiger charge is 2.37. The van der Waals surface area contributed by atoms with Gasteiger partial charge in [-0.3, -0.25) is 19.4 Å². The highest BCUT2D eigenvalue weighted by Crippen LogP contribution is 2.28. The van der Waals surface area contributed by atoms with Gasteiger partial charge in [0.1, 0.15) is 11.4 Å². The van der Waals surface area contributed by atoms with Gasteiger partial charge in [-0.15, -0.1) is 0 Å². The van der Waals surface area contributed by atoms with Crippen LogP contribution in [0.1, 0.15) is 31.2 Å². The summed E-state index contributed by atoms with van der Waals surface area (Å²) in [5.41, 5.74) is 1.86. The van der Waals surface area contributed by atoms with Gasteiger partial charge in [-0.2, -0.15) is 0 Å². The molecule has 7 heteroatoms. The number of pyridine rings is 1. The Kier molecular flexibility index (Phi) is 4.33. The molecule has 0 fully saturated rings. The number of nitrogens with one attached hydrogen (secondary N) is 1. The van der Waals surface area contributed by atoms with Crippen LogP contribution in [0, 0.1) is 0 Å². The van der Waals surface area contributed by atoms with E-state index in [1.165, 1.54) is 6.20 Å². The Morgan fingerprint density at radius 1 is 0.964 bits per heavy atom. The maximum atomic E-state index is 12.5. The number of methoxy groups -OCH3 is 1. The van der Waals surface area contributed by atoms with Crippen LogP contribution in [0.4, 0.5) is 11.4 Å². The van der Waals surface area contributed by atoms with Gasteiger partial charge < -0.3 is 10.1 Å². The summed E-state index contributed by atoms with van der Waals surface area (Å²) in [6.07, 6.45) is 1.48. The first-order valence-electron chi connectivity index (χ1n) is 8.48. The summed E-state index contributed by atoms with van der Waals surface area (Å²) in [5.74, 6) is -0.490.